The van der Waals surface area contributed by atoms with Crippen molar-refractivity contribution in [3.05, 3.63) is 71.8 Å². The van der Waals surface area contributed by atoms with Crippen LogP contribution in [0.3, 0.4) is 0 Å². The number of rotatable bonds is 13. The van der Waals surface area contributed by atoms with Crippen molar-refractivity contribution in [3.8, 4) is 11.5 Å². The smallest absolute Gasteiger partial charge is 0.330 e. The topological polar surface area (TPSA) is 112 Å². The molecule has 8 nitrogen and oxygen atoms in total. The van der Waals surface area contributed by atoms with Gasteiger partial charge in [0.25, 0.3) is 0 Å². The monoisotopic (exact) mass is 442 g/mol. The fourth-order valence-corrected chi connectivity index (χ4v) is 2.39. The summed E-state index contributed by atoms with van der Waals surface area (Å²) in [5.41, 5.74) is 1.56. The van der Waals surface area contributed by atoms with Crippen molar-refractivity contribution in [2.75, 3.05) is 39.6 Å². The molecular weight excluding hydrogens is 416 g/mol. The van der Waals surface area contributed by atoms with Gasteiger partial charge in [0, 0.05) is 12.2 Å². The largest absolute Gasteiger partial charge is 0.491 e. The van der Waals surface area contributed by atoms with E-state index in [0.717, 1.165) is 11.1 Å². The number of aliphatic hydroxyl groups is 2. The van der Waals surface area contributed by atoms with E-state index in [1.165, 1.54) is 12.2 Å². The summed E-state index contributed by atoms with van der Waals surface area (Å²) in [7, 11) is 0. The number of carbonyl (C=O) groups is 2. The van der Waals surface area contributed by atoms with E-state index >= 15 is 0 Å². The maximum atomic E-state index is 11.7. The Morgan fingerprint density at radius 1 is 0.625 bits per heavy atom. The molecule has 0 aliphatic carbocycles. The van der Waals surface area contributed by atoms with Crippen LogP contribution in [-0.4, -0.2) is 61.8 Å². The van der Waals surface area contributed by atoms with E-state index in [-0.39, 0.29) is 39.6 Å². The molecule has 0 amide bonds. The number of ether oxygens (including phenoxy) is 4. The zero-order valence-corrected chi connectivity index (χ0v) is 17.5. The summed E-state index contributed by atoms with van der Waals surface area (Å²) >= 11 is 0. The Hall–Kier alpha value is -3.62. The molecule has 0 radical (unpaired) electrons. The first-order valence-electron chi connectivity index (χ1n) is 9.98. The molecular formula is C24H26O8. The summed E-state index contributed by atoms with van der Waals surface area (Å²) in [4.78, 5) is 23.5. The van der Waals surface area contributed by atoms with Gasteiger partial charge in [-0.3, -0.25) is 0 Å². The van der Waals surface area contributed by atoms with Crippen LogP contribution in [0.25, 0.3) is 12.2 Å². The fourth-order valence-electron chi connectivity index (χ4n) is 2.39. The standard InChI is InChI=1S/C24H26O8/c25-13-15-29-21-7-1-19(2-8-21)5-11-23(27)31-17-18-32-24(28)12-6-20-3-9-22(10-4-20)30-16-14-26/h1-12,25-26H,13-18H2/b11-5+,12-6+. The summed E-state index contributed by atoms with van der Waals surface area (Å²) < 4.78 is 20.5. The van der Waals surface area contributed by atoms with Gasteiger partial charge >= 0.3 is 11.9 Å². The van der Waals surface area contributed by atoms with E-state index in [0.29, 0.717) is 11.5 Å². The first-order chi connectivity index (χ1) is 15.6. The molecule has 0 unspecified atom stereocenters. The lowest BCUT2D eigenvalue weighted by atomic mass is 10.2. The van der Waals surface area contributed by atoms with Gasteiger partial charge in [-0.05, 0) is 47.5 Å². The van der Waals surface area contributed by atoms with Crippen LogP contribution in [0.15, 0.2) is 60.7 Å². The molecule has 2 aromatic rings. The maximum Gasteiger partial charge on any atom is 0.330 e. The summed E-state index contributed by atoms with van der Waals surface area (Å²) in [6.45, 7) is 0.194. The lowest BCUT2D eigenvalue weighted by molar-refractivity contribution is -0.145. The minimum atomic E-state index is -0.555. The second kappa shape index (κ2) is 14.4. The number of hydrogen-bond acceptors (Lipinski definition) is 8. The summed E-state index contributed by atoms with van der Waals surface area (Å²) in [5.74, 6) is 0.138. The van der Waals surface area contributed by atoms with Crippen molar-refractivity contribution in [1.82, 2.24) is 0 Å². The Labute approximate surface area is 186 Å². The number of hydrogen-bond donors (Lipinski definition) is 2. The molecule has 0 aliphatic heterocycles. The van der Waals surface area contributed by atoms with E-state index in [1.807, 2.05) is 0 Å². The molecule has 0 saturated carbocycles. The van der Waals surface area contributed by atoms with Crippen molar-refractivity contribution in [2.45, 2.75) is 0 Å². The average molecular weight is 442 g/mol. The van der Waals surface area contributed by atoms with Crippen molar-refractivity contribution in [1.29, 1.82) is 0 Å². The van der Waals surface area contributed by atoms with Crippen molar-refractivity contribution < 1.29 is 38.7 Å². The van der Waals surface area contributed by atoms with Crippen molar-refractivity contribution in [2.24, 2.45) is 0 Å². The second-order valence-electron chi connectivity index (χ2n) is 6.28. The van der Waals surface area contributed by atoms with Crippen LogP contribution < -0.4 is 9.47 Å². The predicted octanol–water partition coefficient (Wildman–Crippen LogP) is 2.24. The van der Waals surface area contributed by atoms with Gasteiger partial charge in [-0.25, -0.2) is 9.59 Å². The molecule has 32 heavy (non-hydrogen) atoms. The van der Waals surface area contributed by atoms with Crippen molar-refractivity contribution >= 4 is 24.1 Å². The lowest BCUT2D eigenvalue weighted by Crippen LogP contribution is -2.11. The van der Waals surface area contributed by atoms with Crippen LogP contribution >= 0.6 is 0 Å². The molecule has 170 valence electrons. The Kier molecular flexibility index (Phi) is 11.1. The number of benzene rings is 2. The molecule has 0 fully saturated rings. The van der Waals surface area contributed by atoms with E-state index in [9.17, 15) is 9.59 Å². The number of esters is 2. The van der Waals surface area contributed by atoms with Gasteiger partial charge in [0.05, 0.1) is 13.2 Å². The SMILES string of the molecule is O=C(/C=C/c1ccc(OCCO)cc1)OCCOC(=O)/C=C/c1ccc(OCCO)cc1. The third-order valence-corrected chi connectivity index (χ3v) is 3.88. The van der Waals surface area contributed by atoms with Crippen LogP contribution in [0.1, 0.15) is 11.1 Å². The van der Waals surface area contributed by atoms with Gasteiger partial charge in [0.1, 0.15) is 37.9 Å². The molecule has 0 heterocycles. The van der Waals surface area contributed by atoms with Gasteiger partial charge in [-0.2, -0.15) is 0 Å². The Bertz CT molecular complexity index is 810. The Morgan fingerprint density at radius 2 is 1.00 bits per heavy atom. The molecule has 0 bridgehead atoms. The van der Waals surface area contributed by atoms with Crippen LogP contribution in [0.5, 0.6) is 11.5 Å². The highest BCUT2D eigenvalue weighted by molar-refractivity contribution is 5.87. The minimum Gasteiger partial charge on any atom is -0.491 e. The Balaban J connectivity index is 1.64. The van der Waals surface area contributed by atoms with Gasteiger partial charge < -0.3 is 29.2 Å². The van der Waals surface area contributed by atoms with Gasteiger partial charge in [0.15, 0.2) is 0 Å². The third kappa shape index (κ3) is 9.92. The highest BCUT2D eigenvalue weighted by Crippen LogP contribution is 2.14. The zero-order chi connectivity index (χ0) is 23.0. The van der Waals surface area contributed by atoms with Gasteiger partial charge in [-0.1, -0.05) is 24.3 Å². The zero-order valence-electron chi connectivity index (χ0n) is 17.5. The molecule has 0 spiro atoms. The Morgan fingerprint density at radius 3 is 1.34 bits per heavy atom. The molecule has 2 rings (SSSR count). The molecule has 0 aliphatic rings. The summed E-state index contributed by atoms with van der Waals surface area (Å²) in [6, 6.07) is 14.0. The average Bonchev–Trinajstić information content (AvgIpc) is 2.82. The van der Waals surface area contributed by atoms with E-state index in [2.05, 4.69) is 0 Å². The molecule has 0 aromatic heterocycles. The normalized spacial score (nSPS) is 10.9. The number of carbonyl (C=O) groups excluding carboxylic acids is 2. The first-order valence-corrected chi connectivity index (χ1v) is 9.98. The van der Waals surface area contributed by atoms with Crippen LogP contribution in [0.4, 0.5) is 0 Å². The van der Waals surface area contributed by atoms with Crippen LogP contribution in [0, 0.1) is 0 Å². The van der Waals surface area contributed by atoms with Gasteiger partial charge in [-0.15, -0.1) is 0 Å². The number of aliphatic hydroxyl groups excluding tert-OH is 2. The van der Waals surface area contributed by atoms with E-state index < -0.39 is 11.9 Å². The quantitative estimate of drug-likeness (QED) is 0.276. The van der Waals surface area contributed by atoms with Crippen LogP contribution in [-0.2, 0) is 19.1 Å². The summed E-state index contributed by atoms with van der Waals surface area (Å²) in [5, 5.41) is 17.4. The highest BCUT2D eigenvalue weighted by atomic mass is 16.6. The molecule has 8 heteroatoms. The molecule has 0 atom stereocenters. The predicted molar refractivity (Wildman–Crippen MR) is 118 cm³/mol. The second-order valence-corrected chi connectivity index (χ2v) is 6.28. The summed E-state index contributed by atoms with van der Waals surface area (Å²) in [6.07, 6.45) is 5.73. The van der Waals surface area contributed by atoms with Gasteiger partial charge in [0.2, 0.25) is 0 Å². The van der Waals surface area contributed by atoms with E-state index in [1.54, 1.807) is 60.7 Å². The van der Waals surface area contributed by atoms with Crippen molar-refractivity contribution in [3.63, 3.8) is 0 Å². The van der Waals surface area contributed by atoms with E-state index in [4.69, 9.17) is 29.2 Å². The first kappa shape index (κ1) is 24.6. The molecule has 2 N–H and O–H groups in total. The fraction of sp³-hybridized carbons (Fsp3) is 0.250. The third-order valence-electron chi connectivity index (χ3n) is 3.88. The van der Waals surface area contributed by atoms with Crippen LogP contribution in [0.2, 0.25) is 0 Å². The lowest BCUT2D eigenvalue weighted by Gasteiger charge is -2.04. The minimum absolute atomic E-state index is 0.0601. The highest BCUT2D eigenvalue weighted by Gasteiger charge is 2.01. The maximum absolute atomic E-state index is 11.7. The molecule has 2 aromatic carbocycles. The molecule has 0 saturated heterocycles.